The van der Waals surface area contributed by atoms with Gasteiger partial charge in [0.05, 0.1) is 11.7 Å². The van der Waals surface area contributed by atoms with Gasteiger partial charge in [-0.05, 0) is 29.8 Å². The van der Waals surface area contributed by atoms with E-state index in [4.69, 9.17) is 11.6 Å². The van der Waals surface area contributed by atoms with Crippen LogP contribution in [0.2, 0.25) is 5.02 Å². The average Bonchev–Trinajstić information content (AvgIpc) is 3.08. The monoisotopic (exact) mass is 431 g/mol. The molecule has 1 amide bonds. The van der Waals surface area contributed by atoms with Crippen LogP contribution in [0.4, 0.5) is 14.5 Å². The SMILES string of the molecule is O=C(Cn1cnc2scc(-c3ccc(Cl)cc3)c2c1=O)Nc1cc(F)cc(F)c1. The number of nitrogens with one attached hydrogen (secondary N) is 1. The maximum Gasteiger partial charge on any atom is 0.263 e. The van der Waals surface area contributed by atoms with Crippen molar-refractivity contribution in [2.75, 3.05) is 5.32 Å². The van der Waals surface area contributed by atoms with Crippen LogP contribution in [0.25, 0.3) is 21.3 Å². The van der Waals surface area contributed by atoms with E-state index in [1.807, 2.05) is 5.38 Å². The van der Waals surface area contributed by atoms with Gasteiger partial charge in [-0.15, -0.1) is 11.3 Å². The van der Waals surface area contributed by atoms with Crippen molar-refractivity contribution in [1.82, 2.24) is 9.55 Å². The summed E-state index contributed by atoms with van der Waals surface area (Å²) >= 11 is 7.24. The Labute approximate surface area is 172 Å². The average molecular weight is 432 g/mol. The van der Waals surface area contributed by atoms with Gasteiger partial charge in [0.1, 0.15) is 23.0 Å². The standard InChI is InChI=1S/C20H12ClF2N3O2S/c21-12-3-1-11(2-4-12)16-9-29-19-18(16)20(28)26(10-24-19)8-17(27)25-15-6-13(22)5-14(23)7-15/h1-7,9-10H,8H2,(H,25,27). The lowest BCUT2D eigenvalue weighted by atomic mass is 10.1. The Morgan fingerprint density at radius 3 is 2.52 bits per heavy atom. The Bertz CT molecular complexity index is 1270. The number of hydrogen-bond acceptors (Lipinski definition) is 4. The third kappa shape index (κ3) is 4.03. The Morgan fingerprint density at radius 2 is 1.83 bits per heavy atom. The van der Waals surface area contributed by atoms with E-state index >= 15 is 0 Å². The first-order chi connectivity index (χ1) is 13.9. The van der Waals surface area contributed by atoms with Crippen molar-refractivity contribution in [2.45, 2.75) is 6.54 Å². The summed E-state index contributed by atoms with van der Waals surface area (Å²) in [6.07, 6.45) is 1.28. The van der Waals surface area contributed by atoms with E-state index in [0.29, 0.717) is 26.9 Å². The molecule has 1 N–H and O–H groups in total. The highest BCUT2D eigenvalue weighted by Crippen LogP contribution is 2.31. The third-order valence-electron chi connectivity index (χ3n) is 4.18. The number of halogens is 3. The van der Waals surface area contributed by atoms with Gasteiger partial charge in [-0.3, -0.25) is 14.2 Å². The Morgan fingerprint density at radius 1 is 1.14 bits per heavy atom. The lowest BCUT2D eigenvalue weighted by Crippen LogP contribution is -2.27. The first kappa shape index (κ1) is 19.2. The quantitative estimate of drug-likeness (QED) is 0.509. The van der Waals surface area contributed by atoms with Crippen LogP contribution < -0.4 is 10.9 Å². The molecule has 0 bridgehead atoms. The van der Waals surface area contributed by atoms with E-state index in [1.54, 1.807) is 24.3 Å². The predicted molar refractivity (Wildman–Crippen MR) is 109 cm³/mol. The molecule has 29 heavy (non-hydrogen) atoms. The number of benzene rings is 2. The van der Waals surface area contributed by atoms with Crippen molar-refractivity contribution in [3.05, 3.63) is 81.2 Å². The number of carbonyl (C=O) groups excluding carboxylic acids is 1. The van der Waals surface area contributed by atoms with Gasteiger partial charge >= 0.3 is 0 Å². The summed E-state index contributed by atoms with van der Waals surface area (Å²) in [5, 5.41) is 5.17. The van der Waals surface area contributed by atoms with E-state index in [-0.39, 0.29) is 17.8 Å². The minimum absolute atomic E-state index is 0.0352. The number of hydrogen-bond donors (Lipinski definition) is 1. The molecule has 9 heteroatoms. The zero-order valence-electron chi connectivity index (χ0n) is 14.7. The molecule has 4 aromatic rings. The number of fused-ring (bicyclic) bond motifs is 1. The molecule has 0 saturated carbocycles. The number of nitrogens with zero attached hydrogens (tertiary/aromatic N) is 2. The molecule has 2 aromatic heterocycles. The summed E-state index contributed by atoms with van der Waals surface area (Å²) in [5.41, 5.74) is 1.08. The molecular formula is C20H12ClF2N3O2S. The molecule has 4 rings (SSSR count). The van der Waals surface area contributed by atoms with Crippen LogP contribution in [0.5, 0.6) is 0 Å². The third-order valence-corrected chi connectivity index (χ3v) is 5.31. The van der Waals surface area contributed by atoms with Gasteiger partial charge in [0.25, 0.3) is 5.56 Å². The van der Waals surface area contributed by atoms with Crippen molar-refractivity contribution >= 4 is 44.7 Å². The fraction of sp³-hybridized carbons (Fsp3) is 0.0500. The van der Waals surface area contributed by atoms with Gasteiger partial charge in [0.2, 0.25) is 5.91 Å². The first-order valence-corrected chi connectivity index (χ1v) is 9.65. The van der Waals surface area contributed by atoms with Crippen molar-refractivity contribution in [3.63, 3.8) is 0 Å². The summed E-state index contributed by atoms with van der Waals surface area (Å²) in [6, 6.07) is 9.72. The van der Waals surface area contributed by atoms with Crippen molar-refractivity contribution in [3.8, 4) is 11.1 Å². The van der Waals surface area contributed by atoms with E-state index in [9.17, 15) is 18.4 Å². The van der Waals surface area contributed by atoms with Crippen LogP contribution in [0, 0.1) is 11.6 Å². The second-order valence-electron chi connectivity index (χ2n) is 6.22. The number of thiophene rings is 1. The molecule has 0 fully saturated rings. The largest absolute Gasteiger partial charge is 0.324 e. The van der Waals surface area contributed by atoms with Gasteiger partial charge < -0.3 is 5.32 Å². The topological polar surface area (TPSA) is 64.0 Å². The molecule has 0 unspecified atom stereocenters. The second kappa shape index (κ2) is 7.73. The van der Waals surface area contributed by atoms with Crippen LogP contribution in [-0.4, -0.2) is 15.5 Å². The molecule has 0 aliphatic heterocycles. The minimum atomic E-state index is -0.813. The molecule has 2 aromatic carbocycles. The molecule has 0 aliphatic carbocycles. The van der Waals surface area contributed by atoms with Gasteiger partial charge in [0, 0.05) is 27.7 Å². The summed E-state index contributed by atoms with van der Waals surface area (Å²) in [5.74, 6) is -2.24. The zero-order chi connectivity index (χ0) is 20.5. The van der Waals surface area contributed by atoms with Gasteiger partial charge in [0.15, 0.2) is 0 Å². The van der Waals surface area contributed by atoms with Crippen LogP contribution >= 0.6 is 22.9 Å². The number of carbonyl (C=O) groups is 1. The molecule has 0 saturated heterocycles. The first-order valence-electron chi connectivity index (χ1n) is 8.39. The van der Waals surface area contributed by atoms with E-state index in [1.165, 1.54) is 17.7 Å². The summed E-state index contributed by atoms with van der Waals surface area (Å²) < 4.78 is 27.7. The molecule has 0 aliphatic rings. The number of aromatic nitrogens is 2. The number of amides is 1. The maximum absolute atomic E-state index is 13.3. The maximum atomic E-state index is 13.3. The number of rotatable bonds is 4. The second-order valence-corrected chi connectivity index (χ2v) is 7.51. The van der Waals surface area contributed by atoms with Crippen LogP contribution in [0.1, 0.15) is 0 Å². The Kier molecular flexibility index (Phi) is 5.12. The van der Waals surface area contributed by atoms with Gasteiger partial charge in [-0.25, -0.2) is 13.8 Å². The van der Waals surface area contributed by atoms with E-state index in [0.717, 1.165) is 22.3 Å². The van der Waals surface area contributed by atoms with Crippen LogP contribution in [-0.2, 0) is 11.3 Å². The molecule has 5 nitrogen and oxygen atoms in total. The van der Waals surface area contributed by atoms with Crippen molar-refractivity contribution in [1.29, 1.82) is 0 Å². The zero-order valence-corrected chi connectivity index (χ0v) is 16.2. The molecule has 0 radical (unpaired) electrons. The van der Waals surface area contributed by atoms with E-state index < -0.39 is 17.5 Å². The van der Waals surface area contributed by atoms with Crippen molar-refractivity contribution in [2.24, 2.45) is 0 Å². The molecule has 146 valence electrons. The summed E-state index contributed by atoms with van der Waals surface area (Å²) in [7, 11) is 0. The van der Waals surface area contributed by atoms with E-state index in [2.05, 4.69) is 10.3 Å². The Balaban J connectivity index is 1.65. The molecule has 0 spiro atoms. The highest BCUT2D eigenvalue weighted by molar-refractivity contribution is 7.17. The fourth-order valence-electron chi connectivity index (χ4n) is 2.90. The number of anilines is 1. The minimum Gasteiger partial charge on any atom is -0.324 e. The molecule has 2 heterocycles. The van der Waals surface area contributed by atoms with Crippen molar-refractivity contribution < 1.29 is 13.6 Å². The lowest BCUT2D eigenvalue weighted by Gasteiger charge is -2.08. The Hall–Kier alpha value is -3.10. The fourth-order valence-corrected chi connectivity index (χ4v) is 3.94. The van der Waals surface area contributed by atoms with Crippen LogP contribution in [0.3, 0.4) is 0 Å². The van der Waals surface area contributed by atoms with Gasteiger partial charge in [-0.2, -0.15) is 0 Å². The lowest BCUT2D eigenvalue weighted by molar-refractivity contribution is -0.116. The summed E-state index contributed by atoms with van der Waals surface area (Å²) in [6.45, 7) is -0.351. The van der Waals surface area contributed by atoms with Crippen LogP contribution in [0.15, 0.2) is 59.0 Å². The highest BCUT2D eigenvalue weighted by atomic mass is 35.5. The molecular weight excluding hydrogens is 420 g/mol. The summed E-state index contributed by atoms with van der Waals surface area (Å²) in [4.78, 5) is 30.0. The smallest absolute Gasteiger partial charge is 0.263 e. The van der Waals surface area contributed by atoms with Gasteiger partial charge in [-0.1, -0.05) is 23.7 Å². The molecule has 0 atom stereocenters. The predicted octanol–water partition coefficient (Wildman–Crippen LogP) is 4.70. The highest BCUT2D eigenvalue weighted by Gasteiger charge is 2.15. The normalized spacial score (nSPS) is 11.0.